The van der Waals surface area contributed by atoms with Crippen LogP contribution < -0.4 is 0 Å². The van der Waals surface area contributed by atoms with Crippen LogP contribution in [-0.4, -0.2) is 114 Å². The van der Waals surface area contributed by atoms with Gasteiger partial charge in [-0.25, -0.2) is 27.6 Å². The number of ether oxygens (including phenoxy) is 6. The second-order valence-corrected chi connectivity index (χ2v) is 13.8. The molecule has 0 aliphatic carbocycles. The highest BCUT2D eigenvalue weighted by Crippen LogP contribution is 2.52. The van der Waals surface area contributed by atoms with Gasteiger partial charge in [0.25, 0.3) is 5.91 Å². The van der Waals surface area contributed by atoms with E-state index in [0.29, 0.717) is 0 Å². The maximum atomic E-state index is 14.8. The Morgan fingerprint density at radius 1 is 1.00 bits per heavy atom. The molecule has 2 heterocycles. The van der Waals surface area contributed by atoms with Crippen molar-refractivity contribution in [2.75, 3.05) is 33.6 Å². The molecule has 5 atom stereocenters. The lowest BCUT2D eigenvalue weighted by Gasteiger charge is -2.40. The first-order chi connectivity index (χ1) is 22.7. The summed E-state index contributed by atoms with van der Waals surface area (Å²) in [7, 11) is -4.94. The molecule has 0 spiro atoms. The van der Waals surface area contributed by atoms with Crippen molar-refractivity contribution in [2.45, 2.75) is 91.1 Å². The highest BCUT2D eigenvalue weighted by atomic mass is 31.2. The fourth-order valence-electron chi connectivity index (χ4n) is 4.17. The molecular formula is C29H46FN2O16P. The Labute approximate surface area is 283 Å². The van der Waals surface area contributed by atoms with E-state index in [1.165, 1.54) is 27.7 Å². The van der Waals surface area contributed by atoms with Gasteiger partial charge in [-0.05, 0) is 40.5 Å². The predicted octanol–water partition coefficient (Wildman–Crippen LogP) is 3.28. The SMILES string of the molecule is C=C1N(COC(=O)C(C)C(C)C)C(=O)C=CN1[C@@H]1O[C@](CF)(COP(=O)(OCOC(=O)OC(C)C)OCOC(=O)OC(C)C)[C@@H](O)[C@@]1(C)O. The number of hydrogen-bond donors (Lipinski definition) is 2. The number of carbonyl (C=O) groups excluding carboxylic acids is 4. The molecule has 2 aliphatic rings. The molecule has 0 bridgehead atoms. The molecule has 280 valence electrons. The van der Waals surface area contributed by atoms with Crippen molar-refractivity contribution >= 4 is 32.0 Å². The second kappa shape index (κ2) is 17.6. The molecule has 2 N–H and O–H groups in total. The van der Waals surface area contributed by atoms with Gasteiger partial charge in [0.1, 0.15) is 24.2 Å². The molecule has 0 saturated carbocycles. The number of esters is 1. The third-order valence-corrected chi connectivity index (χ3v) is 8.53. The third-order valence-electron chi connectivity index (χ3n) is 7.24. The van der Waals surface area contributed by atoms with E-state index in [1.807, 2.05) is 13.8 Å². The van der Waals surface area contributed by atoms with Crippen LogP contribution in [0.3, 0.4) is 0 Å². The minimum absolute atomic E-state index is 0.0439. The van der Waals surface area contributed by atoms with Crippen LogP contribution in [0.25, 0.3) is 0 Å². The Morgan fingerprint density at radius 3 is 2.00 bits per heavy atom. The average Bonchev–Trinajstić information content (AvgIpc) is 3.19. The van der Waals surface area contributed by atoms with Crippen molar-refractivity contribution in [2.24, 2.45) is 11.8 Å². The molecule has 49 heavy (non-hydrogen) atoms. The molecule has 0 radical (unpaired) electrons. The van der Waals surface area contributed by atoms with Crippen LogP contribution in [-0.2, 0) is 56.1 Å². The van der Waals surface area contributed by atoms with Crippen molar-refractivity contribution in [3.05, 3.63) is 24.7 Å². The van der Waals surface area contributed by atoms with E-state index in [9.17, 15) is 38.3 Å². The molecule has 20 heteroatoms. The normalized spacial score (nSPS) is 24.9. The lowest BCUT2D eigenvalue weighted by molar-refractivity contribution is -0.164. The van der Waals surface area contributed by atoms with Gasteiger partial charge in [0.2, 0.25) is 13.6 Å². The first-order valence-corrected chi connectivity index (χ1v) is 16.6. The number of carbonyl (C=O) groups is 4. The maximum Gasteiger partial charge on any atom is 0.510 e. The van der Waals surface area contributed by atoms with Gasteiger partial charge < -0.3 is 43.5 Å². The fraction of sp³-hybridized carbons (Fsp3) is 0.724. The molecule has 0 aromatic carbocycles. The molecule has 1 saturated heterocycles. The largest absolute Gasteiger partial charge is 0.510 e. The zero-order chi connectivity index (χ0) is 37.3. The van der Waals surface area contributed by atoms with E-state index in [-0.39, 0.29) is 11.7 Å². The van der Waals surface area contributed by atoms with E-state index in [1.54, 1.807) is 6.92 Å². The van der Waals surface area contributed by atoms with Crippen molar-refractivity contribution in [3.63, 3.8) is 0 Å². The van der Waals surface area contributed by atoms with Crippen molar-refractivity contribution in [1.29, 1.82) is 0 Å². The van der Waals surface area contributed by atoms with Gasteiger partial charge in [0.15, 0.2) is 18.6 Å². The Bertz CT molecular complexity index is 1240. The first-order valence-electron chi connectivity index (χ1n) is 15.2. The van der Waals surface area contributed by atoms with Gasteiger partial charge in [-0.2, -0.15) is 0 Å². The van der Waals surface area contributed by atoms with Crippen LogP contribution in [0.5, 0.6) is 0 Å². The molecule has 1 unspecified atom stereocenters. The van der Waals surface area contributed by atoms with Crippen molar-refractivity contribution in [1.82, 2.24) is 9.80 Å². The van der Waals surface area contributed by atoms with Crippen LogP contribution in [0.4, 0.5) is 14.0 Å². The molecule has 0 aromatic rings. The minimum atomic E-state index is -4.94. The van der Waals surface area contributed by atoms with Crippen LogP contribution in [0, 0.1) is 11.8 Å². The van der Waals surface area contributed by atoms with Gasteiger partial charge in [0, 0.05) is 12.3 Å². The number of amides is 1. The topological polar surface area (TPSA) is 215 Å². The van der Waals surface area contributed by atoms with E-state index >= 15 is 0 Å². The van der Waals surface area contributed by atoms with E-state index in [2.05, 4.69) is 16.1 Å². The number of aliphatic hydroxyl groups excluding tert-OH is 1. The molecule has 2 aliphatic heterocycles. The van der Waals surface area contributed by atoms with Gasteiger partial charge >= 0.3 is 26.1 Å². The highest BCUT2D eigenvalue weighted by molar-refractivity contribution is 7.48. The third kappa shape index (κ3) is 11.1. The summed E-state index contributed by atoms with van der Waals surface area (Å²) in [5, 5.41) is 22.5. The molecule has 1 amide bonds. The first kappa shape index (κ1) is 41.8. The molecule has 18 nitrogen and oxygen atoms in total. The Balaban J connectivity index is 2.25. The monoisotopic (exact) mass is 728 g/mol. The lowest BCUT2D eigenvalue weighted by Crippen LogP contribution is -2.56. The molecular weight excluding hydrogens is 682 g/mol. The number of nitrogens with zero attached hydrogens (tertiary/aromatic N) is 2. The van der Waals surface area contributed by atoms with Gasteiger partial charge in [0.05, 0.1) is 24.7 Å². The average molecular weight is 729 g/mol. The van der Waals surface area contributed by atoms with Gasteiger partial charge in [-0.15, -0.1) is 0 Å². The summed E-state index contributed by atoms with van der Waals surface area (Å²) in [6.07, 6.45) is -5.13. The summed E-state index contributed by atoms with van der Waals surface area (Å²) >= 11 is 0. The number of aliphatic hydroxyl groups is 2. The summed E-state index contributed by atoms with van der Waals surface area (Å²) in [6.45, 7) is 11.0. The van der Waals surface area contributed by atoms with Gasteiger partial charge in [-0.3, -0.25) is 19.0 Å². The Morgan fingerprint density at radius 2 is 1.53 bits per heavy atom. The zero-order valence-corrected chi connectivity index (χ0v) is 29.6. The predicted molar refractivity (Wildman–Crippen MR) is 163 cm³/mol. The van der Waals surface area contributed by atoms with Crippen LogP contribution in [0.1, 0.15) is 55.4 Å². The summed E-state index contributed by atoms with van der Waals surface area (Å²) in [5.74, 6) is -1.91. The lowest BCUT2D eigenvalue weighted by atomic mass is 9.88. The number of alkyl halides is 1. The second-order valence-electron chi connectivity index (χ2n) is 12.2. The Hall–Kier alpha value is -3.32. The number of hydrogen-bond acceptors (Lipinski definition) is 17. The van der Waals surface area contributed by atoms with E-state index in [0.717, 1.165) is 29.0 Å². The Kier molecular flexibility index (Phi) is 15.0. The number of halogens is 1. The van der Waals surface area contributed by atoms with Crippen LogP contribution in [0.15, 0.2) is 24.7 Å². The molecule has 1 fully saturated rings. The van der Waals surface area contributed by atoms with Crippen LogP contribution in [0.2, 0.25) is 0 Å². The van der Waals surface area contributed by atoms with Gasteiger partial charge in [-0.1, -0.05) is 27.4 Å². The van der Waals surface area contributed by atoms with E-state index in [4.69, 9.17) is 32.5 Å². The summed E-state index contributed by atoms with van der Waals surface area (Å²) in [6, 6.07) is 0. The number of phosphoric acid groups is 1. The molecule has 2 rings (SSSR count). The van der Waals surface area contributed by atoms with Crippen LogP contribution >= 0.6 is 7.82 Å². The number of phosphoric ester groups is 1. The maximum absolute atomic E-state index is 14.8. The highest BCUT2D eigenvalue weighted by Gasteiger charge is 2.64. The zero-order valence-electron chi connectivity index (χ0n) is 28.7. The van der Waals surface area contributed by atoms with Crippen molar-refractivity contribution in [3.8, 4) is 0 Å². The standard InChI is InChI=1S/C29H46FN2O16P/c1-17(2)20(7)23(34)40-14-32-21(8)31(11-10-22(32)33)25-28(9,38)24(35)29(12-30,48-25)13-43-49(39,44-15-41-26(36)46-18(3)4)45-16-42-27(37)47-19(5)6/h10-11,17-20,24-25,35,38H,8,12-16H2,1-7,9H3/t20?,24-,25+,28+,29+/m0/s1. The number of rotatable bonds is 17. The molecule has 0 aromatic heterocycles. The summed E-state index contributed by atoms with van der Waals surface area (Å²) in [5.41, 5.74) is -4.79. The van der Waals surface area contributed by atoms with E-state index < -0.39 is 107 Å². The van der Waals surface area contributed by atoms with Crippen molar-refractivity contribution < 1.29 is 80.3 Å². The smallest absolute Gasteiger partial charge is 0.444 e. The summed E-state index contributed by atoms with van der Waals surface area (Å²) in [4.78, 5) is 50.6. The minimum Gasteiger partial charge on any atom is -0.444 e. The fourth-order valence-corrected chi connectivity index (χ4v) is 5.13. The quantitative estimate of drug-likeness (QED) is 0.0951. The summed E-state index contributed by atoms with van der Waals surface area (Å²) < 4.78 is 73.4.